The van der Waals surface area contributed by atoms with Crippen molar-refractivity contribution in [3.63, 3.8) is 0 Å². The highest BCUT2D eigenvalue weighted by atomic mass is 35.5. The van der Waals surface area contributed by atoms with Crippen LogP contribution in [0.25, 0.3) is 10.7 Å². The largest absolute Gasteiger partial charge is 0.504 e. The van der Waals surface area contributed by atoms with Crippen LogP contribution in [0.3, 0.4) is 0 Å². The summed E-state index contributed by atoms with van der Waals surface area (Å²) in [5.41, 5.74) is 1.27. The van der Waals surface area contributed by atoms with E-state index in [4.69, 9.17) is 11.6 Å². The van der Waals surface area contributed by atoms with E-state index in [1.165, 1.54) is 19.3 Å². The first kappa shape index (κ1) is 19.7. The molecule has 0 bridgehead atoms. The van der Waals surface area contributed by atoms with E-state index in [2.05, 4.69) is 4.98 Å². The summed E-state index contributed by atoms with van der Waals surface area (Å²) in [5.74, 6) is -0.840. The minimum absolute atomic E-state index is 0.0292. The number of anilines is 1. The summed E-state index contributed by atoms with van der Waals surface area (Å²) in [7, 11) is -6.22. The van der Waals surface area contributed by atoms with Crippen LogP contribution in [0, 0.1) is 6.92 Å². The lowest BCUT2D eigenvalue weighted by Crippen LogP contribution is -2.26. The number of aryl methyl sites for hydroxylation is 1. The van der Waals surface area contributed by atoms with Crippen molar-refractivity contribution >= 4 is 47.8 Å². The Hall–Kier alpha value is -2.10. The number of fused-ring (bicyclic) bond motifs is 1. The van der Waals surface area contributed by atoms with Crippen molar-refractivity contribution in [2.45, 2.75) is 12.7 Å². The number of aliphatic hydroxyl groups excluding tert-OH is 1. The van der Waals surface area contributed by atoms with Gasteiger partial charge in [-0.3, -0.25) is 9.29 Å². The highest BCUT2D eigenvalue weighted by molar-refractivity contribution is 8.00. The molecule has 1 aliphatic rings. The van der Waals surface area contributed by atoms with Gasteiger partial charge in [0, 0.05) is 18.8 Å². The molecular formula is C17H17ClN2O5S2. The Balaban J connectivity index is 2.35. The molecule has 0 fully saturated rings. The smallest absolute Gasteiger partial charge is 0.232 e. The Morgan fingerprint density at radius 1 is 1.26 bits per heavy atom. The predicted molar refractivity (Wildman–Crippen MR) is 106 cm³/mol. The number of aromatic nitrogens is 1. The van der Waals surface area contributed by atoms with E-state index in [1.807, 2.05) is 0 Å². The van der Waals surface area contributed by atoms with Gasteiger partial charge in [0.25, 0.3) is 0 Å². The molecular weight excluding hydrogens is 412 g/mol. The van der Waals surface area contributed by atoms with Crippen LogP contribution < -0.4 is 4.31 Å². The third-order valence-electron chi connectivity index (χ3n) is 4.36. The van der Waals surface area contributed by atoms with Gasteiger partial charge >= 0.3 is 0 Å². The standard InChI is InChI=1S/C17H17ClN2O5S2/c1-10-6-7-12(13(18)15(10)20(2)26(3,22)23)17-16(21)14-11(5-4-8-19-14)9-27(17,24)25/h4-8,21H,9H2,1-3H3. The Morgan fingerprint density at radius 3 is 2.56 bits per heavy atom. The molecule has 0 radical (unpaired) electrons. The van der Waals surface area contributed by atoms with Crippen molar-refractivity contribution in [1.82, 2.24) is 4.98 Å². The molecule has 0 saturated heterocycles. The van der Waals surface area contributed by atoms with Crippen molar-refractivity contribution in [1.29, 1.82) is 0 Å². The van der Waals surface area contributed by atoms with E-state index in [0.29, 0.717) is 11.1 Å². The number of halogens is 1. The zero-order valence-corrected chi connectivity index (χ0v) is 17.2. The van der Waals surface area contributed by atoms with E-state index < -0.39 is 25.6 Å². The number of nitrogens with zero attached hydrogens (tertiary/aromatic N) is 2. The van der Waals surface area contributed by atoms with E-state index >= 15 is 0 Å². The van der Waals surface area contributed by atoms with Crippen molar-refractivity contribution in [3.8, 4) is 0 Å². The van der Waals surface area contributed by atoms with Gasteiger partial charge in [0.15, 0.2) is 15.6 Å². The van der Waals surface area contributed by atoms with Crippen LogP contribution in [-0.2, 0) is 25.6 Å². The fraction of sp³-hybridized carbons (Fsp3) is 0.235. The summed E-state index contributed by atoms with van der Waals surface area (Å²) >= 11 is 6.43. The third kappa shape index (κ3) is 3.30. The lowest BCUT2D eigenvalue weighted by atomic mass is 10.1. The van der Waals surface area contributed by atoms with E-state index in [1.54, 1.807) is 25.1 Å². The first-order chi connectivity index (χ1) is 12.4. The second-order valence-electron chi connectivity index (χ2n) is 6.27. The van der Waals surface area contributed by atoms with E-state index in [0.717, 1.165) is 10.6 Å². The maximum Gasteiger partial charge on any atom is 0.232 e. The first-order valence-electron chi connectivity index (χ1n) is 7.79. The fourth-order valence-corrected chi connectivity index (χ4v) is 5.77. The van der Waals surface area contributed by atoms with Crippen LogP contribution in [0.1, 0.15) is 22.4 Å². The summed E-state index contributed by atoms with van der Waals surface area (Å²) in [5, 5.41) is 10.6. The Kier molecular flexibility index (Phi) is 4.73. The molecule has 1 aromatic carbocycles. The molecule has 7 nitrogen and oxygen atoms in total. The molecule has 0 atom stereocenters. The van der Waals surface area contributed by atoms with Gasteiger partial charge < -0.3 is 5.11 Å². The fourth-order valence-electron chi connectivity index (χ4n) is 2.98. The summed E-state index contributed by atoms with van der Waals surface area (Å²) in [6, 6.07) is 6.17. The lowest BCUT2D eigenvalue weighted by molar-refractivity contribution is 0.508. The number of rotatable bonds is 3. The van der Waals surface area contributed by atoms with E-state index in [9.17, 15) is 21.9 Å². The highest BCUT2D eigenvalue weighted by Gasteiger charge is 2.35. The number of sulfonamides is 1. The van der Waals surface area contributed by atoms with Gasteiger partial charge in [-0.1, -0.05) is 29.8 Å². The van der Waals surface area contributed by atoms with Crippen molar-refractivity contribution < 1.29 is 21.9 Å². The molecule has 0 aliphatic carbocycles. The third-order valence-corrected chi connectivity index (χ3v) is 7.65. The van der Waals surface area contributed by atoms with Gasteiger partial charge in [-0.2, -0.15) is 0 Å². The molecule has 3 rings (SSSR count). The molecule has 2 heterocycles. The van der Waals surface area contributed by atoms with Crippen LogP contribution in [-0.4, -0.2) is 40.2 Å². The van der Waals surface area contributed by atoms with Crippen LogP contribution in [0.4, 0.5) is 5.69 Å². The maximum atomic E-state index is 12.8. The van der Waals surface area contributed by atoms with Gasteiger partial charge in [0.2, 0.25) is 10.0 Å². The van der Waals surface area contributed by atoms with Gasteiger partial charge in [-0.25, -0.2) is 16.8 Å². The number of aliphatic hydroxyl groups is 1. The Morgan fingerprint density at radius 2 is 1.93 bits per heavy atom. The van der Waals surface area contributed by atoms with Crippen LogP contribution in [0.2, 0.25) is 5.02 Å². The summed E-state index contributed by atoms with van der Waals surface area (Å²) in [6.45, 7) is 1.66. The molecule has 10 heteroatoms. The number of benzene rings is 1. The van der Waals surface area contributed by atoms with Crippen molar-refractivity contribution in [2.75, 3.05) is 17.6 Å². The molecule has 0 saturated carbocycles. The van der Waals surface area contributed by atoms with Crippen LogP contribution in [0.5, 0.6) is 0 Å². The predicted octanol–water partition coefficient (Wildman–Crippen LogP) is 2.75. The highest BCUT2D eigenvalue weighted by Crippen LogP contribution is 2.43. The van der Waals surface area contributed by atoms with Crippen molar-refractivity contribution in [2.24, 2.45) is 0 Å². The maximum absolute atomic E-state index is 12.8. The van der Waals surface area contributed by atoms with Gasteiger partial charge in [-0.15, -0.1) is 0 Å². The van der Waals surface area contributed by atoms with Gasteiger partial charge in [0.1, 0.15) is 10.6 Å². The zero-order valence-electron chi connectivity index (χ0n) is 14.8. The summed E-state index contributed by atoms with van der Waals surface area (Å²) in [4.78, 5) is 3.70. The molecule has 27 heavy (non-hydrogen) atoms. The second-order valence-corrected chi connectivity index (χ2v) is 10.6. The quantitative estimate of drug-likeness (QED) is 0.805. The van der Waals surface area contributed by atoms with Crippen molar-refractivity contribution in [3.05, 3.63) is 57.9 Å². The molecule has 2 aromatic rings. The SMILES string of the molecule is Cc1ccc(C2=C(O)c3ncccc3CS2(=O)=O)c(Cl)c1N(C)S(C)(=O)=O. The lowest BCUT2D eigenvalue weighted by Gasteiger charge is -2.24. The second kappa shape index (κ2) is 6.50. The average Bonchev–Trinajstić information content (AvgIpc) is 2.55. The number of pyridine rings is 1. The molecule has 0 spiro atoms. The molecule has 1 aromatic heterocycles. The number of hydrogen-bond donors (Lipinski definition) is 1. The molecule has 1 aliphatic heterocycles. The number of sulfone groups is 1. The molecule has 144 valence electrons. The zero-order chi connectivity index (χ0) is 20.1. The normalized spacial score (nSPS) is 16.1. The average molecular weight is 429 g/mol. The topological polar surface area (TPSA) is 105 Å². The first-order valence-corrected chi connectivity index (χ1v) is 11.7. The van der Waals surface area contributed by atoms with Crippen LogP contribution >= 0.6 is 11.6 Å². The molecule has 1 N–H and O–H groups in total. The van der Waals surface area contributed by atoms with Gasteiger partial charge in [0.05, 0.1) is 22.7 Å². The summed E-state index contributed by atoms with van der Waals surface area (Å²) in [6.07, 6.45) is 2.47. The van der Waals surface area contributed by atoms with Crippen LogP contribution in [0.15, 0.2) is 30.5 Å². The van der Waals surface area contributed by atoms with E-state index in [-0.39, 0.29) is 32.6 Å². The minimum atomic E-state index is -3.92. The molecule has 0 unspecified atom stereocenters. The number of hydrogen-bond acceptors (Lipinski definition) is 6. The Bertz CT molecular complexity index is 1190. The monoisotopic (exact) mass is 428 g/mol. The van der Waals surface area contributed by atoms with Gasteiger partial charge in [-0.05, 0) is 24.1 Å². The summed E-state index contributed by atoms with van der Waals surface area (Å²) < 4.78 is 50.6. The minimum Gasteiger partial charge on any atom is -0.504 e. The molecule has 0 amide bonds. The Labute approximate surface area is 162 Å².